The van der Waals surface area contributed by atoms with Gasteiger partial charge < -0.3 is 5.32 Å². The summed E-state index contributed by atoms with van der Waals surface area (Å²) in [7, 11) is 0. The van der Waals surface area contributed by atoms with Crippen molar-refractivity contribution in [1.82, 2.24) is 4.98 Å². The molecule has 1 amide bonds. The van der Waals surface area contributed by atoms with Gasteiger partial charge in [-0.15, -0.1) is 0 Å². The number of hydrogen-bond acceptors (Lipinski definition) is 3. The third kappa shape index (κ3) is 3.66. The molecular formula is C22H17Cl2N3O. The number of amides is 1. The smallest absolute Gasteiger partial charge is 0.230 e. The van der Waals surface area contributed by atoms with E-state index < -0.39 is 0 Å². The molecule has 1 N–H and O–H groups in total. The zero-order chi connectivity index (χ0) is 19.8. The monoisotopic (exact) mass is 409 g/mol. The van der Waals surface area contributed by atoms with E-state index in [0.29, 0.717) is 27.1 Å². The fourth-order valence-electron chi connectivity index (χ4n) is 3.23. The van der Waals surface area contributed by atoms with Gasteiger partial charge in [-0.2, -0.15) is 0 Å². The second kappa shape index (κ2) is 7.38. The molecule has 0 unspecified atom stereocenters. The molecule has 0 spiro atoms. The van der Waals surface area contributed by atoms with E-state index in [0.717, 1.165) is 27.9 Å². The van der Waals surface area contributed by atoms with E-state index in [2.05, 4.69) is 22.4 Å². The molecule has 3 aromatic rings. The first-order chi connectivity index (χ1) is 13.4. The van der Waals surface area contributed by atoms with Crippen LogP contribution in [0.25, 0.3) is 11.1 Å². The second-order valence-electron chi connectivity index (χ2n) is 6.79. The minimum Gasteiger partial charge on any atom is -0.324 e. The Labute approximate surface area is 173 Å². The highest BCUT2D eigenvalue weighted by molar-refractivity contribution is 6.42. The number of carbonyl (C=O) groups excluding carboxylic acids is 1. The number of hydrogen-bond donors (Lipinski definition) is 1. The van der Waals surface area contributed by atoms with Gasteiger partial charge in [0.1, 0.15) is 0 Å². The van der Waals surface area contributed by atoms with Crippen molar-refractivity contribution in [2.45, 2.75) is 20.3 Å². The number of aliphatic imine (C=N–C) groups is 1. The van der Waals surface area contributed by atoms with Gasteiger partial charge in [-0.1, -0.05) is 41.4 Å². The predicted octanol–water partition coefficient (Wildman–Crippen LogP) is 6.14. The number of pyridine rings is 1. The summed E-state index contributed by atoms with van der Waals surface area (Å²) in [6, 6.07) is 13.4. The summed E-state index contributed by atoms with van der Waals surface area (Å²) in [4.78, 5) is 21.5. The fourth-order valence-corrected chi connectivity index (χ4v) is 3.55. The van der Waals surface area contributed by atoms with Crippen molar-refractivity contribution in [3.05, 3.63) is 75.5 Å². The third-order valence-corrected chi connectivity index (χ3v) is 5.36. The number of anilines is 1. The molecule has 1 aromatic heterocycles. The standard InChI is InChI=1S/C22H17Cl2N3O/c1-12-11-25-13(2)6-16(12)14-4-3-5-15(7-14)19-10-22(28)27-21-9-18(24)17(23)8-20(21)26-19/h3-9,11H,10H2,1-2H3,(H,27,28). The molecule has 0 bridgehead atoms. The summed E-state index contributed by atoms with van der Waals surface area (Å²) < 4.78 is 0. The average Bonchev–Trinajstić information content (AvgIpc) is 2.82. The maximum atomic E-state index is 12.4. The van der Waals surface area contributed by atoms with Crippen molar-refractivity contribution < 1.29 is 4.79 Å². The fraction of sp³-hybridized carbons (Fsp3) is 0.136. The summed E-state index contributed by atoms with van der Waals surface area (Å²) >= 11 is 12.2. The van der Waals surface area contributed by atoms with E-state index in [9.17, 15) is 4.79 Å². The first-order valence-corrected chi connectivity index (χ1v) is 9.57. The van der Waals surface area contributed by atoms with E-state index in [1.165, 1.54) is 0 Å². The molecule has 0 atom stereocenters. The molecule has 140 valence electrons. The van der Waals surface area contributed by atoms with Crippen LogP contribution in [-0.4, -0.2) is 16.6 Å². The first-order valence-electron chi connectivity index (χ1n) is 8.81. The van der Waals surface area contributed by atoms with Crippen molar-refractivity contribution in [2.75, 3.05) is 5.32 Å². The minimum atomic E-state index is -0.141. The SMILES string of the molecule is Cc1cc(-c2cccc(C3=Nc4cc(Cl)c(Cl)cc4NC(=O)C3)c2)c(C)cn1. The van der Waals surface area contributed by atoms with Crippen molar-refractivity contribution in [3.8, 4) is 11.1 Å². The van der Waals surface area contributed by atoms with E-state index >= 15 is 0 Å². The number of rotatable bonds is 2. The third-order valence-electron chi connectivity index (χ3n) is 4.64. The van der Waals surface area contributed by atoms with Crippen LogP contribution >= 0.6 is 23.2 Å². The van der Waals surface area contributed by atoms with Gasteiger partial charge in [-0.25, -0.2) is 0 Å². The number of fused-ring (bicyclic) bond motifs is 1. The molecule has 6 heteroatoms. The summed E-state index contributed by atoms with van der Waals surface area (Å²) in [6.45, 7) is 4.01. The van der Waals surface area contributed by atoms with Gasteiger partial charge in [0, 0.05) is 11.9 Å². The number of aromatic nitrogens is 1. The number of nitrogens with one attached hydrogen (secondary N) is 1. The van der Waals surface area contributed by atoms with E-state index in [1.807, 2.05) is 38.2 Å². The first kappa shape index (κ1) is 18.7. The second-order valence-corrected chi connectivity index (χ2v) is 7.60. The molecule has 0 saturated carbocycles. The molecule has 28 heavy (non-hydrogen) atoms. The molecule has 0 aliphatic carbocycles. The van der Waals surface area contributed by atoms with Crippen LogP contribution in [0.3, 0.4) is 0 Å². The van der Waals surface area contributed by atoms with Crippen LogP contribution < -0.4 is 5.32 Å². The van der Waals surface area contributed by atoms with Crippen molar-refractivity contribution in [2.24, 2.45) is 4.99 Å². The lowest BCUT2D eigenvalue weighted by Crippen LogP contribution is -2.15. The summed E-state index contributed by atoms with van der Waals surface area (Å²) in [5.74, 6) is -0.141. The number of carbonyl (C=O) groups is 1. The Morgan fingerprint density at radius 3 is 2.57 bits per heavy atom. The topological polar surface area (TPSA) is 54.4 Å². The molecule has 4 nitrogen and oxygen atoms in total. The highest BCUT2D eigenvalue weighted by atomic mass is 35.5. The molecule has 1 aliphatic rings. The lowest BCUT2D eigenvalue weighted by molar-refractivity contribution is -0.115. The van der Waals surface area contributed by atoms with E-state index in [-0.39, 0.29) is 12.3 Å². The minimum absolute atomic E-state index is 0.141. The van der Waals surface area contributed by atoms with Gasteiger partial charge in [0.2, 0.25) is 5.91 Å². The Morgan fingerprint density at radius 1 is 1.00 bits per heavy atom. The van der Waals surface area contributed by atoms with Gasteiger partial charge in [0.05, 0.1) is 33.6 Å². The van der Waals surface area contributed by atoms with Crippen LogP contribution in [0.4, 0.5) is 11.4 Å². The Balaban J connectivity index is 1.82. The highest BCUT2D eigenvalue weighted by Crippen LogP contribution is 2.36. The molecule has 1 aliphatic heterocycles. The van der Waals surface area contributed by atoms with Crippen molar-refractivity contribution in [3.63, 3.8) is 0 Å². The highest BCUT2D eigenvalue weighted by Gasteiger charge is 2.19. The van der Waals surface area contributed by atoms with Crippen LogP contribution in [0.5, 0.6) is 0 Å². The Bertz CT molecular complexity index is 1140. The quantitative estimate of drug-likeness (QED) is 0.552. The van der Waals surface area contributed by atoms with Gasteiger partial charge in [-0.05, 0) is 60.4 Å². The molecule has 0 saturated heterocycles. The largest absolute Gasteiger partial charge is 0.324 e. The van der Waals surface area contributed by atoms with Gasteiger partial charge in [-0.3, -0.25) is 14.8 Å². The number of benzene rings is 2. The maximum absolute atomic E-state index is 12.4. The molecule has 0 radical (unpaired) electrons. The van der Waals surface area contributed by atoms with Crippen LogP contribution in [0.2, 0.25) is 10.0 Å². The summed E-state index contributed by atoms with van der Waals surface area (Å²) in [5.41, 5.74) is 6.95. The van der Waals surface area contributed by atoms with Crippen LogP contribution in [0.15, 0.2) is 53.7 Å². The van der Waals surface area contributed by atoms with Crippen LogP contribution in [0, 0.1) is 13.8 Å². The zero-order valence-electron chi connectivity index (χ0n) is 15.4. The lowest BCUT2D eigenvalue weighted by Gasteiger charge is -2.10. The summed E-state index contributed by atoms with van der Waals surface area (Å²) in [6.07, 6.45) is 2.04. The normalized spacial score (nSPS) is 13.4. The predicted molar refractivity (Wildman–Crippen MR) is 115 cm³/mol. The van der Waals surface area contributed by atoms with Gasteiger partial charge in [0.25, 0.3) is 0 Å². The Hall–Kier alpha value is -2.69. The van der Waals surface area contributed by atoms with E-state index in [4.69, 9.17) is 28.2 Å². The van der Waals surface area contributed by atoms with E-state index in [1.54, 1.807) is 12.1 Å². The van der Waals surface area contributed by atoms with Gasteiger partial charge >= 0.3 is 0 Å². The molecular weight excluding hydrogens is 393 g/mol. The maximum Gasteiger partial charge on any atom is 0.230 e. The van der Waals surface area contributed by atoms with Gasteiger partial charge in [0.15, 0.2) is 0 Å². The Morgan fingerprint density at radius 2 is 1.75 bits per heavy atom. The lowest BCUT2D eigenvalue weighted by atomic mass is 9.97. The van der Waals surface area contributed by atoms with Crippen LogP contribution in [0.1, 0.15) is 23.2 Å². The van der Waals surface area contributed by atoms with Crippen molar-refractivity contribution in [1.29, 1.82) is 0 Å². The summed E-state index contributed by atoms with van der Waals surface area (Å²) in [5, 5.41) is 3.63. The average molecular weight is 410 g/mol. The number of nitrogens with zero attached hydrogens (tertiary/aromatic N) is 2. The van der Waals surface area contributed by atoms with Crippen LogP contribution in [-0.2, 0) is 4.79 Å². The Kier molecular flexibility index (Phi) is 4.92. The zero-order valence-corrected chi connectivity index (χ0v) is 16.9. The molecule has 2 heterocycles. The molecule has 2 aromatic carbocycles. The number of aryl methyl sites for hydroxylation is 2. The number of halogens is 2. The molecule has 0 fully saturated rings. The van der Waals surface area contributed by atoms with Crippen molar-refractivity contribution >= 4 is 46.2 Å². The molecule has 4 rings (SSSR count).